The number of carbonyl (C=O) groups excluding carboxylic acids is 1. The monoisotopic (exact) mass is 293 g/mol. The van der Waals surface area contributed by atoms with Crippen molar-refractivity contribution in [2.45, 2.75) is 33.1 Å². The number of amides is 1. The minimum atomic E-state index is -0.109. The van der Waals surface area contributed by atoms with Crippen LogP contribution in [0.25, 0.3) is 6.08 Å². The number of rotatable bonds is 6. The van der Waals surface area contributed by atoms with Gasteiger partial charge in [0.25, 0.3) is 0 Å². The Morgan fingerprint density at radius 2 is 1.73 bits per heavy atom. The van der Waals surface area contributed by atoms with Gasteiger partial charge in [0.2, 0.25) is 5.91 Å². The highest BCUT2D eigenvalue weighted by atomic mass is 16.1. The van der Waals surface area contributed by atoms with Crippen molar-refractivity contribution < 1.29 is 4.79 Å². The molecule has 0 unspecified atom stereocenters. The third-order valence-corrected chi connectivity index (χ3v) is 3.54. The molecule has 114 valence electrons. The third-order valence-electron chi connectivity index (χ3n) is 3.54. The zero-order valence-corrected chi connectivity index (χ0v) is 13.3. The second kappa shape index (κ2) is 8.18. The first kappa shape index (κ1) is 16.0. The molecule has 2 nitrogen and oxygen atoms in total. The van der Waals surface area contributed by atoms with Gasteiger partial charge in [0.1, 0.15) is 0 Å². The number of anilines is 1. The second-order valence-electron chi connectivity index (χ2n) is 5.53. The summed E-state index contributed by atoms with van der Waals surface area (Å²) in [6.45, 7) is 4.24. The van der Waals surface area contributed by atoms with Crippen molar-refractivity contribution in [3.05, 3.63) is 71.3 Å². The Labute approximate surface area is 132 Å². The first-order valence-electron chi connectivity index (χ1n) is 7.82. The number of carbonyl (C=O) groups is 1. The van der Waals surface area contributed by atoms with Gasteiger partial charge in [-0.1, -0.05) is 55.3 Å². The van der Waals surface area contributed by atoms with Crippen LogP contribution in [0.3, 0.4) is 0 Å². The molecule has 0 spiro atoms. The van der Waals surface area contributed by atoms with Gasteiger partial charge in [0.15, 0.2) is 0 Å². The molecule has 2 aromatic rings. The van der Waals surface area contributed by atoms with Gasteiger partial charge in [-0.2, -0.15) is 0 Å². The lowest BCUT2D eigenvalue weighted by molar-refractivity contribution is -0.111. The highest BCUT2D eigenvalue weighted by molar-refractivity contribution is 6.01. The summed E-state index contributed by atoms with van der Waals surface area (Å²) in [4.78, 5) is 11.9. The van der Waals surface area contributed by atoms with E-state index < -0.39 is 0 Å². The Kier molecular flexibility index (Phi) is 5.96. The number of hydrogen-bond acceptors (Lipinski definition) is 1. The van der Waals surface area contributed by atoms with Crippen LogP contribution < -0.4 is 5.32 Å². The van der Waals surface area contributed by atoms with E-state index in [1.807, 2.05) is 49.4 Å². The molecule has 0 atom stereocenters. The highest BCUT2D eigenvalue weighted by Crippen LogP contribution is 2.12. The predicted octanol–water partition coefficient (Wildman–Crippen LogP) is 4.99. The molecule has 0 radical (unpaired) electrons. The van der Waals surface area contributed by atoms with Crippen LogP contribution in [0.4, 0.5) is 5.69 Å². The summed E-state index contributed by atoms with van der Waals surface area (Å²) < 4.78 is 0. The third kappa shape index (κ3) is 5.21. The lowest BCUT2D eigenvalue weighted by Crippen LogP contribution is -2.07. The molecule has 22 heavy (non-hydrogen) atoms. The minimum absolute atomic E-state index is 0.109. The minimum Gasteiger partial charge on any atom is -0.323 e. The summed E-state index contributed by atoms with van der Waals surface area (Å²) in [6.07, 6.45) is 6.88. The van der Waals surface area contributed by atoms with Crippen molar-refractivity contribution in [1.29, 1.82) is 0 Å². The number of hydrogen-bond donors (Lipinski definition) is 1. The van der Waals surface area contributed by atoms with Crippen molar-refractivity contribution in [3.63, 3.8) is 0 Å². The van der Waals surface area contributed by atoms with Crippen LogP contribution in [0.5, 0.6) is 0 Å². The van der Waals surface area contributed by atoms with Crippen molar-refractivity contribution in [2.24, 2.45) is 0 Å². The molecule has 0 fully saturated rings. The summed E-state index contributed by atoms with van der Waals surface area (Å²) in [5, 5.41) is 2.88. The maximum absolute atomic E-state index is 11.9. The fraction of sp³-hybridized carbons (Fsp3) is 0.250. The van der Waals surface area contributed by atoms with E-state index >= 15 is 0 Å². The van der Waals surface area contributed by atoms with Gasteiger partial charge < -0.3 is 5.32 Å². The van der Waals surface area contributed by atoms with Crippen molar-refractivity contribution >= 4 is 17.7 Å². The van der Waals surface area contributed by atoms with E-state index in [0.717, 1.165) is 17.7 Å². The van der Waals surface area contributed by atoms with Crippen LogP contribution in [-0.2, 0) is 11.2 Å². The maximum Gasteiger partial charge on any atom is 0.248 e. The molecule has 0 bridgehead atoms. The van der Waals surface area contributed by atoms with Gasteiger partial charge in [0.05, 0.1) is 0 Å². The van der Waals surface area contributed by atoms with Crippen LogP contribution in [0, 0.1) is 6.92 Å². The lowest BCUT2D eigenvalue weighted by atomic mass is 10.1. The van der Waals surface area contributed by atoms with Crippen LogP contribution in [0.15, 0.2) is 54.6 Å². The van der Waals surface area contributed by atoms with E-state index in [-0.39, 0.29) is 5.91 Å². The average molecular weight is 293 g/mol. The van der Waals surface area contributed by atoms with Crippen LogP contribution >= 0.6 is 0 Å². The highest BCUT2D eigenvalue weighted by Gasteiger charge is 1.98. The smallest absolute Gasteiger partial charge is 0.248 e. The molecule has 0 aliphatic heterocycles. The topological polar surface area (TPSA) is 29.1 Å². The zero-order valence-electron chi connectivity index (χ0n) is 13.3. The van der Waals surface area contributed by atoms with Gasteiger partial charge in [-0.15, -0.1) is 0 Å². The van der Waals surface area contributed by atoms with E-state index in [1.165, 1.54) is 24.0 Å². The quantitative estimate of drug-likeness (QED) is 0.747. The second-order valence-corrected chi connectivity index (χ2v) is 5.53. The van der Waals surface area contributed by atoms with Crippen molar-refractivity contribution in [3.8, 4) is 0 Å². The normalized spacial score (nSPS) is 10.8. The number of benzene rings is 2. The van der Waals surface area contributed by atoms with Gasteiger partial charge in [-0.3, -0.25) is 4.79 Å². The number of nitrogens with one attached hydrogen (secondary N) is 1. The summed E-state index contributed by atoms with van der Waals surface area (Å²) >= 11 is 0. The predicted molar refractivity (Wildman–Crippen MR) is 93.9 cm³/mol. The van der Waals surface area contributed by atoms with Gasteiger partial charge in [-0.05, 0) is 49.1 Å². The molecule has 2 rings (SSSR count). The fourth-order valence-corrected chi connectivity index (χ4v) is 2.17. The van der Waals surface area contributed by atoms with Gasteiger partial charge >= 0.3 is 0 Å². The molecule has 0 aliphatic carbocycles. The Bertz CT molecular complexity index is 624. The molecular formula is C20H23NO. The van der Waals surface area contributed by atoms with E-state index in [9.17, 15) is 4.79 Å². The number of aryl methyl sites for hydroxylation is 2. The van der Waals surface area contributed by atoms with Crippen molar-refractivity contribution in [2.75, 3.05) is 5.32 Å². The van der Waals surface area contributed by atoms with Gasteiger partial charge in [-0.25, -0.2) is 0 Å². The Morgan fingerprint density at radius 1 is 1.05 bits per heavy atom. The SMILES string of the molecule is CCCCc1ccc(NC(=O)C=Cc2ccc(C)cc2)cc1. The molecule has 2 aromatic carbocycles. The molecule has 0 heterocycles. The largest absolute Gasteiger partial charge is 0.323 e. The van der Waals surface area contributed by atoms with Crippen LogP contribution in [-0.4, -0.2) is 5.91 Å². The van der Waals surface area contributed by atoms with E-state index in [4.69, 9.17) is 0 Å². The molecule has 1 N–H and O–H groups in total. The summed E-state index contributed by atoms with van der Waals surface area (Å²) in [7, 11) is 0. The molecule has 0 saturated carbocycles. The lowest BCUT2D eigenvalue weighted by Gasteiger charge is -2.04. The molecule has 1 amide bonds. The Balaban J connectivity index is 1.89. The van der Waals surface area contributed by atoms with E-state index in [2.05, 4.69) is 24.4 Å². The molecule has 0 saturated heterocycles. The zero-order chi connectivity index (χ0) is 15.8. The summed E-state index contributed by atoms with van der Waals surface area (Å²) in [5.74, 6) is -0.109. The maximum atomic E-state index is 11.9. The molecule has 0 aromatic heterocycles. The standard InChI is InChI=1S/C20H23NO/c1-3-4-5-17-10-13-19(14-11-17)21-20(22)15-12-18-8-6-16(2)7-9-18/h6-15H,3-5H2,1-2H3,(H,21,22). The van der Waals surface area contributed by atoms with E-state index in [1.54, 1.807) is 6.08 Å². The Hall–Kier alpha value is -2.35. The Morgan fingerprint density at radius 3 is 2.36 bits per heavy atom. The van der Waals surface area contributed by atoms with Crippen molar-refractivity contribution in [1.82, 2.24) is 0 Å². The van der Waals surface area contributed by atoms with Crippen LogP contribution in [0.2, 0.25) is 0 Å². The number of unbranched alkanes of at least 4 members (excludes halogenated alkanes) is 1. The summed E-state index contributed by atoms with van der Waals surface area (Å²) in [6, 6.07) is 16.2. The first-order chi connectivity index (χ1) is 10.7. The van der Waals surface area contributed by atoms with Gasteiger partial charge in [0, 0.05) is 11.8 Å². The average Bonchev–Trinajstić information content (AvgIpc) is 2.54. The van der Waals surface area contributed by atoms with E-state index in [0.29, 0.717) is 0 Å². The molecular weight excluding hydrogens is 270 g/mol. The molecule has 0 aliphatic rings. The van der Waals surface area contributed by atoms with Crippen LogP contribution in [0.1, 0.15) is 36.5 Å². The molecule has 2 heteroatoms. The first-order valence-corrected chi connectivity index (χ1v) is 7.82. The summed E-state index contributed by atoms with van der Waals surface area (Å²) in [5.41, 5.74) is 4.38. The fourth-order valence-electron chi connectivity index (χ4n) is 2.17.